The van der Waals surface area contributed by atoms with Crippen LogP contribution in [0.5, 0.6) is 0 Å². The maximum absolute atomic E-state index is 11.6. The van der Waals surface area contributed by atoms with E-state index in [1.807, 2.05) is 13.0 Å². The number of hydrogen-bond donors (Lipinski definition) is 1. The Morgan fingerprint density at radius 3 is 2.92 bits per heavy atom. The average molecular weight is 181 g/mol. The van der Waals surface area contributed by atoms with Crippen LogP contribution >= 0.6 is 0 Å². The lowest BCUT2D eigenvalue weighted by molar-refractivity contribution is -0.119. The van der Waals surface area contributed by atoms with E-state index in [0.29, 0.717) is 6.61 Å². The number of hydrogen-bond acceptors (Lipinski definition) is 2. The molecule has 2 aliphatic rings. The molecule has 1 N–H and O–H groups in total. The summed E-state index contributed by atoms with van der Waals surface area (Å²) in [5.41, 5.74) is 0.807. The number of allylic oxidation sites excluding steroid dienone is 1. The summed E-state index contributed by atoms with van der Waals surface area (Å²) in [6.07, 6.45) is 4.90. The fraction of sp³-hybridized carbons (Fsp3) is 0.700. The van der Waals surface area contributed by atoms with Crippen LogP contribution in [0.1, 0.15) is 26.2 Å². The summed E-state index contributed by atoms with van der Waals surface area (Å²) < 4.78 is 5.26. The molecule has 0 aromatic rings. The van der Waals surface area contributed by atoms with E-state index in [1.54, 1.807) is 0 Å². The highest BCUT2D eigenvalue weighted by molar-refractivity contribution is 5.95. The van der Waals surface area contributed by atoms with Crippen LogP contribution < -0.4 is 5.32 Å². The second-order valence-electron chi connectivity index (χ2n) is 4.09. The molecule has 3 heteroatoms. The Labute approximate surface area is 78.1 Å². The van der Waals surface area contributed by atoms with E-state index < -0.39 is 0 Å². The third kappa shape index (κ3) is 1.75. The topological polar surface area (TPSA) is 38.3 Å². The summed E-state index contributed by atoms with van der Waals surface area (Å²) in [4.78, 5) is 11.6. The van der Waals surface area contributed by atoms with Gasteiger partial charge in [0.2, 0.25) is 5.91 Å². The monoisotopic (exact) mass is 181 g/mol. The molecule has 0 spiro atoms. The molecule has 0 bridgehead atoms. The molecule has 72 valence electrons. The summed E-state index contributed by atoms with van der Waals surface area (Å²) in [7, 11) is 0. The number of nitrogens with one attached hydrogen (secondary N) is 1. The largest absolute Gasteiger partial charge is 0.379 e. The van der Waals surface area contributed by atoms with Crippen LogP contribution in [0.2, 0.25) is 0 Å². The van der Waals surface area contributed by atoms with Crippen LogP contribution in [0.25, 0.3) is 0 Å². The van der Waals surface area contributed by atoms with Gasteiger partial charge in [-0.05, 0) is 26.2 Å². The highest BCUT2D eigenvalue weighted by Gasteiger charge is 2.32. The minimum Gasteiger partial charge on any atom is -0.379 e. The lowest BCUT2D eigenvalue weighted by Crippen LogP contribution is -2.47. The van der Waals surface area contributed by atoms with Gasteiger partial charge in [0.05, 0.1) is 12.1 Å². The maximum Gasteiger partial charge on any atom is 0.247 e. The zero-order chi connectivity index (χ0) is 9.31. The molecule has 0 radical (unpaired) electrons. The molecule has 1 aliphatic carbocycles. The second-order valence-corrected chi connectivity index (χ2v) is 4.09. The van der Waals surface area contributed by atoms with Gasteiger partial charge in [0.25, 0.3) is 0 Å². The van der Waals surface area contributed by atoms with Gasteiger partial charge in [-0.25, -0.2) is 0 Å². The van der Waals surface area contributed by atoms with Crippen molar-refractivity contribution in [3.8, 4) is 0 Å². The van der Waals surface area contributed by atoms with E-state index in [9.17, 15) is 4.79 Å². The molecule has 3 nitrogen and oxygen atoms in total. The van der Waals surface area contributed by atoms with Crippen LogP contribution in [0.15, 0.2) is 11.6 Å². The van der Waals surface area contributed by atoms with Crippen molar-refractivity contribution in [2.75, 3.05) is 13.2 Å². The molecule has 13 heavy (non-hydrogen) atoms. The van der Waals surface area contributed by atoms with Crippen molar-refractivity contribution in [3.05, 3.63) is 11.6 Å². The summed E-state index contributed by atoms with van der Waals surface area (Å²) in [5.74, 6) is 0.0965. The molecule has 0 aromatic heterocycles. The van der Waals surface area contributed by atoms with Crippen LogP contribution in [-0.2, 0) is 9.53 Å². The molecule has 1 aliphatic heterocycles. The average Bonchev–Trinajstić information content (AvgIpc) is 2.31. The van der Waals surface area contributed by atoms with Crippen molar-refractivity contribution < 1.29 is 9.53 Å². The van der Waals surface area contributed by atoms with Crippen molar-refractivity contribution in [2.24, 2.45) is 0 Å². The van der Waals surface area contributed by atoms with Crippen molar-refractivity contribution >= 4 is 5.91 Å². The first-order valence-electron chi connectivity index (χ1n) is 4.79. The number of amides is 1. The Bertz CT molecular complexity index is 252. The van der Waals surface area contributed by atoms with Gasteiger partial charge in [0.15, 0.2) is 0 Å². The first kappa shape index (κ1) is 8.75. The molecule has 1 atom stereocenters. The Balaban J connectivity index is 1.92. The molecule has 1 fully saturated rings. The molecule has 0 saturated carbocycles. The SMILES string of the molecule is CC1(NC(=O)C2=CCC2)CCOC1. The van der Waals surface area contributed by atoms with E-state index in [-0.39, 0.29) is 11.4 Å². The molecule has 0 aromatic carbocycles. The van der Waals surface area contributed by atoms with Crippen molar-refractivity contribution in [2.45, 2.75) is 31.7 Å². The van der Waals surface area contributed by atoms with Gasteiger partial charge in [-0.3, -0.25) is 4.79 Å². The summed E-state index contributed by atoms with van der Waals surface area (Å²) >= 11 is 0. The first-order chi connectivity index (χ1) is 6.20. The molecule has 1 saturated heterocycles. The summed E-state index contributed by atoms with van der Waals surface area (Å²) in [5, 5.41) is 3.02. The third-order valence-electron chi connectivity index (χ3n) is 2.73. The minimum absolute atomic E-state index is 0.0965. The standard InChI is InChI=1S/C10H15NO2/c1-10(5-6-13-7-10)11-9(12)8-3-2-4-8/h3H,2,4-7H2,1H3,(H,11,12). The van der Waals surface area contributed by atoms with Gasteiger partial charge in [-0.15, -0.1) is 0 Å². The zero-order valence-corrected chi connectivity index (χ0v) is 7.93. The van der Waals surface area contributed by atoms with Crippen LogP contribution in [-0.4, -0.2) is 24.7 Å². The van der Waals surface area contributed by atoms with Gasteiger partial charge in [0, 0.05) is 12.2 Å². The van der Waals surface area contributed by atoms with Crippen LogP contribution in [0.4, 0.5) is 0 Å². The number of ether oxygens (including phenoxy) is 1. The Kier molecular flexibility index (Phi) is 2.12. The Morgan fingerprint density at radius 1 is 1.69 bits per heavy atom. The normalized spacial score (nSPS) is 32.2. The number of carbonyl (C=O) groups excluding carboxylic acids is 1. The van der Waals surface area contributed by atoms with E-state index >= 15 is 0 Å². The van der Waals surface area contributed by atoms with Crippen LogP contribution in [0, 0.1) is 0 Å². The quantitative estimate of drug-likeness (QED) is 0.690. The minimum atomic E-state index is -0.131. The Hall–Kier alpha value is -0.830. The van der Waals surface area contributed by atoms with Gasteiger partial charge in [-0.2, -0.15) is 0 Å². The third-order valence-corrected chi connectivity index (χ3v) is 2.73. The number of rotatable bonds is 2. The van der Waals surface area contributed by atoms with Gasteiger partial charge >= 0.3 is 0 Å². The zero-order valence-electron chi connectivity index (χ0n) is 7.93. The van der Waals surface area contributed by atoms with E-state index in [4.69, 9.17) is 4.74 Å². The Morgan fingerprint density at radius 2 is 2.46 bits per heavy atom. The molecule has 1 amide bonds. The number of carbonyl (C=O) groups is 1. The van der Waals surface area contributed by atoms with Gasteiger partial charge < -0.3 is 10.1 Å². The van der Waals surface area contributed by atoms with Crippen molar-refractivity contribution in [1.82, 2.24) is 5.32 Å². The fourth-order valence-corrected chi connectivity index (χ4v) is 1.61. The first-order valence-corrected chi connectivity index (χ1v) is 4.79. The summed E-state index contributed by atoms with van der Waals surface area (Å²) in [6, 6.07) is 0. The van der Waals surface area contributed by atoms with Gasteiger partial charge in [-0.1, -0.05) is 6.08 Å². The van der Waals surface area contributed by atoms with Crippen molar-refractivity contribution in [1.29, 1.82) is 0 Å². The van der Waals surface area contributed by atoms with E-state index in [2.05, 4.69) is 5.32 Å². The fourth-order valence-electron chi connectivity index (χ4n) is 1.61. The van der Waals surface area contributed by atoms with Crippen molar-refractivity contribution in [3.63, 3.8) is 0 Å². The molecular weight excluding hydrogens is 166 g/mol. The lowest BCUT2D eigenvalue weighted by Gasteiger charge is -2.25. The highest BCUT2D eigenvalue weighted by atomic mass is 16.5. The highest BCUT2D eigenvalue weighted by Crippen LogP contribution is 2.22. The van der Waals surface area contributed by atoms with Crippen LogP contribution in [0.3, 0.4) is 0 Å². The van der Waals surface area contributed by atoms with E-state index in [1.165, 1.54) is 0 Å². The maximum atomic E-state index is 11.6. The second kappa shape index (κ2) is 3.14. The molecular formula is C10H15NO2. The summed E-state index contributed by atoms with van der Waals surface area (Å²) in [6.45, 7) is 3.44. The smallest absolute Gasteiger partial charge is 0.247 e. The lowest BCUT2D eigenvalue weighted by atomic mass is 9.95. The van der Waals surface area contributed by atoms with Gasteiger partial charge in [0.1, 0.15) is 0 Å². The molecule has 2 rings (SSSR count). The molecule has 1 heterocycles. The predicted octanol–water partition coefficient (Wildman–Crippen LogP) is 1.00. The van der Waals surface area contributed by atoms with E-state index in [0.717, 1.165) is 31.4 Å². The molecule has 1 unspecified atom stereocenters. The predicted molar refractivity (Wildman–Crippen MR) is 49.3 cm³/mol.